The molecule has 0 saturated carbocycles. The molecule has 3 nitrogen and oxygen atoms in total. The number of hydrogen-bond donors (Lipinski definition) is 0. The van der Waals surface area contributed by atoms with Gasteiger partial charge < -0.3 is 0 Å². The van der Waals surface area contributed by atoms with Gasteiger partial charge in [0.05, 0.1) is 11.4 Å². The van der Waals surface area contributed by atoms with Gasteiger partial charge in [-0.05, 0) is 25.8 Å². The van der Waals surface area contributed by atoms with Gasteiger partial charge in [-0.15, -0.1) is 0 Å². The van der Waals surface area contributed by atoms with Crippen LogP contribution in [-0.2, 0) is 0 Å². The van der Waals surface area contributed by atoms with Crippen molar-refractivity contribution >= 4 is 5.78 Å². The van der Waals surface area contributed by atoms with Gasteiger partial charge in [0.25, 0.3) is 0 Å². The molecule has 0 amide bonds. The molecule has 0 aliphatic heterocycles. The predicted molar refractivity (Wildman–Crippen MR) is 64.5 cm³/mol. The molecular weight excluding hydrogens is 200 g/mol. The Balaban J connectivity index is 2.76. The minimum atomic E-state index is 0.191. The highest BCUT2D eigenvalue weighted by Gasteiger charge is 2.14. The lowest BCUT2D eigenvalue weighted by Gasteiger charge is -2.10. The van der Waals surface area contributed by atoms with Crippen molar-refractivity contribution < 1.29 is 4.79 Å². The Labute approximate surface area is 97.3 Å². The molecular formula is C13H20N2O. The highest BCUT2D eigenvalue weighted by Crippen LogP contribution is 2.16. The predicted octanol–water partition coefficient (Wildman–Crippen LogP) is 3.10. The number of ketones is 1. The van der Waals surface area contributed by atoms with Crippen LogP contribution in [0.2, 0.25) is 0 Å². The number of hydrogen-bond acceptors (Lipinski definition) is 3. The summed E-state index contributed by atoms with van der Waals surface area (Å²) in [5.74, 6) is 0.641. The van der Waals surface area contributed by atoms with Gasteiger partial charge in [0, 0.05) is 12.0 Å². The first-order valence-corrected chi connectivity index (χ1v) is 5.88. The van der Waals surface area contributed by atoms with Crippen LogP contribution in [0.4, 0.5) is 0 Å². The van der Waals surface area contributed by atoms with Crippen LogP contribution in [0.3, 0.4) is 0 Å². The first-order chi connectivity index (χ1) is 7.54. The molecule has 1 unspecified atom stereocenters. The maximum Gasteiger partial charge on any atom is 0.165 e. The maximum atomic E-state index is 12.0. The first kappa shape index (κ1) is 12.8. The zero-order chi connectivity index (χ0) is 12.1. The summed E-state index contributed by atoms with van der Waals surface area (Å²) in [4.78, 5) is 12.0. The molecule has 0 aliphatic carbocycles. The van der Waals surface area contributed by atoms with Crippen LogP contribution in [0.5, 0.6) is 0 Å². The summed E-state index contributed by atoms with van der Waals surface area (Å²) in [6.45, 7) is 7.96. The molecule has 0 radical (unpaired) electrons. The van der Waals surface area contributed by atoms with Gasteiger partial charge in [-0.3, -0.25) is 4.79 Å². The molecule has 1 aromatic rings. The van der Waals surface area contributed by atoms with Crippen molar-refractivity contribution in [3.63, 3.8) is 0 Å². The fraction of sp³-hybridized carbons (Fsp3) is 0.615. The summed E-state index contributed by atoms with van der Waals surface area (Å²) in [6, 6.07) is 1.84. The lowest BCUT2D eigenvalue weighted by molar-refractivity contribution is 0.0961. The third-order valence-corrected chi connectivity index (χ3v) is 2.72. The van der Waals surface area contributed by atoms with Gasteiger partial charge in [0.15, 0.2) is 5.78 Å². The molecule has 1 heterocycles. The van der Waals surface area contributed by atoms with Gasteiger partial charge >= 0.3 is 0 Å². The number of carbonyl (C=O) groups excluding carboxylic acids is 1. The van der Waals surface area contributed by atoms with E-state index in [-0.39, 0.29) is 5.78 Å². The second kappa shape index (κ2) is 5.73. The van der Waals surface area contributed by atoms with E-state index in [0.717, 1.165) is 29.8 Å². The maximum absolute atomic E-state index is 12.0. The van der Waals surface area contributed by atoms with Crippen molar-refractivity contribution in [2.24, 2.45) is 5.92 Å². The van der Waals surface area contributed by atoms with Crippen LogP contribution in [0.1, 0.15) is 54.9 Å². The average molecular weight is 220 g/mol. The van der Waals surface area contributed by atoms with E-state index < -0.39 is 0 Å². The summed E-state index contributed by atoms with van der Waals surface area (Å²) in [5, 5.41) is 7.92. The van der Waals surface area contributed by atoms with E-state index in [1.54, 1.807) is 0 Å². The molecule has 0 spiro atoms. The zero-order valence-electron chi connectivity index (χ0n) is 10.6. The van der Waals surface area contributed by atoms with E-state index >= 15 is 0 Å². The van der Waals surface area contributed by atoms with E-state index in [9.17, 15) is 4.79 Å². The zero-order valence-corrected chi connectivity index (χ0v) is 10.6. The number of Topliss-reactive ketones (excluding diaryl/α,β-unsaturated/α-hetero) is 1. The summed E-state index contributed by atoms with van der Waals surface area (Å²) in [7, 11) is 0. The van der Waals surface area contributed by atoms with Crippen LogP contribution in [-0.4, -0.2) is 16.0 Å². The second-order valence-corrected chi connectivity index (χ2v) is 4.51. The molecule has 0 fully saturated rings. The van der Waals surface area contributed by atoms with Crippen molar-refractivity contribution in [2.45, 2.75) is 47.0 Å². The van der Waals surface area contributed by atoms with Crippen molar-refractivity contribution in [1.29, 1.82) is 0 Å². The van der Waals surface area contributed by atoms with Crippen molar-refractivity contribution in [1.82, 2.24) is 10.2 Å². The molecule has 3 heteroatoms. The number of carbonyl (C=O) groups is 1. The monoisotopic (exact) mass is 220 g/mol. The Morgan fingerprint density at radius 2 is 2.06 bits per heavy atom. The lowest BCUT2D eigenvalue weighted by atomic mass is 9.95. The molecule has 0 saturated heterocycles. The standard InChI is InChI=1S/C13H20N2O/c1-5-6-9(2)7-13(16)12-8-10(3)14-15-11(12)4/h8-9H,5-7H2,1-4H3. The highest BCUT2D eigenvalue weighted by molar-refractivity contribution is 5.97. The SMILES string of the molecule is CCCC(C)CC(=O)c1cc(C)nnc1C. The van der Waals surface area contributed by atoms with E-state index in [1.165, 1.54) is 0 Å². The summed E-state index contributed by atoms with van der Waals surface area (Å²) in [6.07, 6.45) is 2.84. The van der Waals surface area contributed by atoms with Gasteiger partial charge in [-0.25, -0.2) is 0 Å². The number of aromatic nitrogens is 2. The number of aryl methyl sites for hydroxylation is 2. The molecule has 0 aliphatic rings. The first-order valence-electron chi connectivity index (χ1n) is 5.88. The molecule has 16 heavy (non-hydrogen) atoms. The normalized spacial score (nSPS) is 12.5. The molecule has 1 atom stereocenters. The summed E-state index contributed by atoms with van der Waals surface area (Å²) < 4.78 is 0. The van der Waals surface area contributed by atoms with Crippen LogP contribution >= 0.6 is 0 Å². The van der Waals surface area contributed by atoms with E-state index in [1.807, 2.05) is 19.9 Å². The van der Waals surface area contributed by atoms with E-state index in [4.69, 9.17) is 0 Å². The van der Waals surface area contributed by atoms with Gasteiger partial charge in [0.2, 0.25) is 0 Å². The fourth-order valence-corrected chi connectivity index (χ4v) is 1.85. The average Bonchev–Trinajstić information content (AvgIpc) is 2.21. The third kappa shape index (κ3) is 3.40. The number of nitrogens with zero attached hydrogens (tertiary/aromatic N) is 2. The Morgan fingerprint density at radius 3 is 2.69 bits per heavy atom. The molecule has 1 aromatic heterocycles. The van der Waals surface area contributed by atoms with E-state index in [0.29, 0.717) is 12.3 Å². The van der Waals surface area contributed by atoms with Crippen molar-refractivity contribution in [2.75, 3.05) is 0 Å². The topological polar surface area (TPSA) is 42.9 Å². The summed E-state index contributed by atoms with van der Waals surface area (Å²) >= 11 is 0. The van der Waals surface area contributed by atoms with E-state index in [2.05, 4.69) is 24.0 Å². The van der Waals surface area contributed by atoms with Crippen molar-refractivity contribution in [3.05, 3.63) is 23.0 Å². The second-order valence-electron chi connectivity index (χ2n) is 4.51. The van der Waals surface area contributed by atoms with Crippen LogP contribution in [0, 0.1) is 19.8 Å². The van der Waals surface area contributed by atoms with Gasteiger partial charge in [-0.1, -0.05) is 26.7 Å². The van der Waals surface area contributed by atoms with Crippen molar-refractivity contribution in [3.8, 4) is 0 Å². The number of rotatable bonds is 5. The molecule has 0 aromatic carbocycles. The third-order valence-electron chi connectivity index (χ3n) is 2.72. The Bertz CT molecular complexity index is 374. The lowest BCUT2D eigenvalue weighted by Crippen LogP contribution is -2.09. The Morgan fingerprint density at radius 1 is 1.38 bits per heavy atom. The minimum Gasteiger partial charge on any atom is -0.294 e. The molecule has 0 N–H and O–H groups in total. The van der Waals surface area contributed by atoms with Crippen LogP contribution < -0.4 is 0 Å². The molecule has 1 rings (SSSR count). The van der Waals surface area contributed by atoms with Crippen LogP contribution in [0.25, 0.3) is 0 Å². The Kier molecular flexibility index (Phi) is 4.59. The van der Waals surface area contributed by atoms with Gasteiger partial charge in [-0.2, -0.15) is 10.2 Å². The van der Waals surface area contributed by atoms with Gasteiger partial charge in [0.1, 0.15) is 0 Å². The Hall–Kier alpha value is -1.25. The summed E-state index contributed by atoms with van der Waals surface area (Å²) in [5.41, 5.74) is 2.27. The minimum absolute atomic E-state index is 0.191. The largest absolute Gasteiger partial charge is 0.294 e. The quantitative estimate of drug-likeness (QED) is 0.716. The molecule has 0 bridgehead atoms. The fourth-order valence-electron chi connectivity index (χ4n) is 1.85. The smallest absolute Gasteiger partial charge is 0.165 e. The molecule has 88 valence electrons. The van der Waals surface area contributed by atoms with Crippen LogP contribution in [0.15, 0.2) is 6.07 Å². The highest BCUT2D eigenvalue weighted by atomic mass is 16.1.